The van der Waals surface area contributed by atoms with Crippen LogP contribution in [-0.4, -0.2) is 31.8 Å². The fraction of sp³-hybridized carbons (Fsp3) is 0.389. The molecule has 130 valence electrons. The summed E-state index contributed by atoms with van der Waals surface area (Å²) in [6.45, 7) is 3.89. The van der Waals surface area contributed by atoms with E-state index >= 15 is 0 Å². The van der Waals surface area contributed by atoms with Gasteiger partial charge in [-0.15, -0.1) is 0 Å². The Morgan fingerprint density at radius 2 is 1.83 bits per heavy atom. The summed E-state index contributed by atoms with van der Waals surface area (Å²) in [5, 5.41) is 15.8. The van der Waals surface area contributed by atoms with Gasteiger partial charge in [-0.1, -0.05) is 12.1 Å². The highest BCUT2D eigenvalue weighted by atomic mass is 16.4. The number of benzene rings is 1. The molecule has 0 aliphatic carbocycles. The monoisotopic (exact) mass is 331 g/mol. The van der Waals surface area contributed by atoms with Gasteiger partial charge in [0.2, 0.25) is 0 Å². The average molecular weight is 331 g/mol. The zero-order valence-electron chi connectivity index (χ0n) is 14.6. The first kappa shape index (κ1) is 17.9. The van der Waals surface area contributed by atoms with Gasteiger partial charge in [0.15, 0.2) is 0 Å². The van der Waals surface area contributed by atoms with Gasteiger partial charge in [-0.3, -0.25) is 0 Å². The normalized spacial score (nSPS) is 13.2. The molecule has 1 aromatic carbocycles. The summed E-state index contributed by atoms with van der Waals surface area (Å²) in [6, 6.07) is 11.1. The van der Waals surface area contributed by atoms with Crippen LogP contribution in [0.25, 0.3) is 0 Å². The van der Waals surface area contributed by atoms with Crippen molar-refractivity contribution in [3.05, 3.63) is 53.5 Å². The molecule has 1 atom stereocenters. The van der Waals surface area contributed by atoms with E-state index < -0.39 is 5.60 Å². The van der Waals surface area contributed by atoms with Crippen molar-refractivity contribution < 1.29 is 14.3 Å². The first-order valence-corrected chi connectivity index (χ1v) is 7.85. The van der Waals surface area contributed by atoms with E-state index in [0.29, 0.717) is 12.3 Å². The molecule has 24 heavy (non-hydrogen) atoms. The van der Waals surface area contributed by atoms with Crippen molar-refractivity contribution in [3.63, 3.8) is 0 Å². The molecule has 1 aromatic heterocycles. The maximum Gasteiger partial charge on any atom is 0.315 e. The lowest BCUT2D eigenvalue weighted by atomic mass is 10.0. The smallest absolute Gasteiger partial charge is 0.315 e. The summed E-state index contributed by atoms with van der Waals surface area (Å²) in [5.41, 5.74) is 0.857. The molecule has 0 fully saturated rings. The number of hydrogen-bond acceptors (Lipinski definition) is 4. The Morgan fingerprint density at radius 3 is 2.38 bits per heavy atom. The third-order valence-corrected chi connectivity index (χ3v) is 3.77. The maximum atomic E-state index is 11.9. The summed E-state index contributed by atoms with van der Waals surface area (Å²) >= 11 is 0. The number of aryl methyl sites for hydroxylation is 1. The second-order valence-corrected chi connectivity index (χ2v) is 6.28. The topological polar surface area (TPSA) is 77.7 Å². The van der Waals surface area contributed by atoms with Crippen molar-refractivity contribution in [2.75, 3.05) is 25.5 Å². The number of urea groups is 1. The van der Waals surface area contributed by atoms with E-state index in [1.807, 2.05) is 43.3 Å². The van der Waals surface area contributed by atoms with Gasteiger partial charge in [0.05, 0.1) is 6.54 Å². The Morgan fingerprint density at radius 1 is 1.17 bits per heavy atom. The van der Waals surface area contributed by atoms with Crippen LogP contribution in [0.15, 0.2) is 40.8 Å². The molecule has 0 saturated heterocycles. The van der Waals surface area contributed by atoms with Crippen LogP contribution in [-0.2, 0) is 12.1 Å². The number of carbonyl (C=O) groups is 1. The van der Waals surface area contributed by atoms with E-state index in [1.165, 1.54) is 0 Å². The highest BCUT2D eigenvalue weighted by molar-refractivity contribution is 5.73. The molecule has 0 saturated carbocycles. The molecule has 2 amide bonds. The number of anilines is 1. The summed E-state index contributed by atoms with van der Waals surface area (Å²) in [7, 11) is 3.96. The van der Waals surface area contributed by atoms with Crippen LogP contribution >= 0.6 is 0 Å². The van der Waals surface area contributed by atoms with Gasteiger partial charge in [0.25, 0.3) is 0 Å². The van der Waals surface area contributed by atoms with Crippen LogP contribution < -0.4 is 15.5 Å². The van der Waals surface area contributed by atoms with Gasteiger partial charge in [-0.2, -0.15) is 0 Å². The number of hydrogen-bond donors (Lipinski definition) is 3. The second kappa shape index (κ2) is 7.40. The standard InChI is InChI=1S/C18H25N3O3/c1-13-5-10-16(24-13)18(2,23)12-20-17(22)19-11-14-6-8-15(9-7-14)21(3)4/h5-10,23H,11-12H2,1-4H3,(H2,19,20,22). The second-order valence-electron chi connectivity index (χ2n) is 6.28. The molecule has 0 radical (unpaired) electrons. The number of nitrogens with one attached hydrogen (secondary N) is 2. The van der Waals surface area contributed by atoms with Gasteiger partial charge >= 0.3 is 6.03 Å². The molecule has 1 heterocycles. The predicted octanol–water partition coefficient (Wildman–Crippen LogP) is 2.36. The minimum Gasteiger partial charge on any atom is -0.463 e. The highest BCUT2D eigenvalue weighted by Gasteiger charge is 2.27. The molecule has 0 spiro atoms. The van der Waals surface area contributed by atoms with Gasteiger partial charge in [0.1, 0.15) is 17.1 Å². The summed E-state index contributed by atoms with van der Waals surface area (Å²) in [6.07, 6.45) is 0. The van der Waals surface area contributed by atoms with Crippen LogP contribution in [0.3, 0.4) is 0 Å². The fourth-order valence-corrected chi connectivity index (χ4v) is 2.22. The Kier molecular flexibility index (Phi) is 5.51. The van der Waals surface area contributed by atoms with E-state index in [1.54, 1.807) is 26.0 Å². The average Bonchev–Trinajstić information content (AvgIpc) is 2.99. The molecule has 0 aliphatic heterocycles. The van der Waals surface area contributed by atoms with Crippen LogP contribution in [0.2, 0.25) is 0 Å². The number of rotatable bonds is 6. The molecule has 2 rings (SSSR count). The minimum atomic E-state index is -1.25. The zero-order valence-corrected chi connectivity index (χ0v) is 14.6. The van der Waals surface area contributed by atoms with Crippen molar-refractivity contribution in [2.24, 2.45) is 0 Å². The minimum absolute atomic E-state index is 0.0609. The molecule has 3 N–H and O–H groups in total. The summed E-state index contributed by atoms with van der Waals surface area (Å²) < 4.78 is 5.41. The number of amides is 2. The summed E-state index contributed by atoms with van der Waals surface area (Å²) in [4.78, 5) is 13.9. The van der Waals surface area contributed by atoms with E-state index in [-0.39, 0.29) is 12.6 Å². The molecular formula is C18H25N3O3. The van der Waals surface area contributed by atoms with Crippen molar-refractivity contribution in [3.8, 4) is 0 Å². The third kappa shape index (κ3) is 4.76. The molecule has 6 heteroatoms. The summed E-state index contributed by atoms with van der Waals surface area (Å²) in [5.74, 6) is 1.15. The lowest BCUT2D eigenvalue weighted by Crippen LogP contribution is -2.43. The predicted molar refractivity (Wildman–Crippen MR) is 94.0 cm³/mol. The SMILES string of the molecule is Cc1ccc(C(C)(O)CNC(=O)NCc2ccc(N(C)C)cc2)o1. The Bertz CT molecular complexity index is 675. The Labute approximate surface area is 142 Å². The lowest BCUT2D eigenvalue weighted by Gasteiger charge is -2.21. The Hall–Kier alpha value is -2.47. The van der Waals surface area contributed by atoms with Crippen LogP contribution in [0.4, 0.5) is 10.5 Å². The molecule has 6 nitrogen and oxygen atoms in total. The first-order valence-electron chi connectivity index (χ1n) is 7.85. The first-order chi connectivity index (χ1) is 11.3. The number of furan rings is 1. The van der Waals surface area contributed by atoms with Gasteiger partial charge in [-0.05, 0) is 43.7 Å². The third-order valence-electron chi connectivity index (χ3n) is 3.77. The largest absolute Gasteiger partial charge is 0.463 e. The molecule has 0 aliphatic rings. The van der Waals surface area contributed by atoms with E-state index in [0.717, 1.165) is 17.0 Å². The van der Waals surface area contributed by atoms with Gasteiger partial charge in [0, 0.05) is 26.3 Å². The van der Waals surface area contributed by atoms with E-state index in [4.69, 9.17) is 4.42 Å². The van der Waals surface area contributed by atoms with Crippen molar-refractivity contribution in [1.29, 1.82) is 0 Å². The number of carbonyl (C=O) groups excluding carboxylic acids is 1. The maximum absolute atomic E-state index is 11.9. The molecule has 2 aromatic rings. The molecule has 1 unspecified atom stereocenters. The quantitative estimate of drug-likeness (QED) is 0.759. The van der Waals surface area contributed by atoms with Crippen molar-refractivity contribution in [2.45, 2.75) is 26.0 Å². The fourth-order valence-electron chi connectivity index (χ4n) is 2.22. The van der Waals surface area contributed by atoms with Crippen LogP contribution in [0.5, 0.6) is 0 Å². The Balaban J connectivity index is 1.81. The van der Waals surface area contributed by atoms with E-state index in [2.05, 4.69) is 10.6 Å². The van der Waals surface area contributed by atoms with Crippen molar-refractivity contribution >= 4 is 11.7 Å². The van der Waals surface area contributed by atoms with Crippen LogP contribution in [0, 0.1) is 6.92 Å². The zero-order chi connectivity index (χ0) is 17.7. The number of aliphatic hydroxyl groups is 1. The number of nitrogens with zero attached hydrogens (tertiary/aromatic N) is 1. The van der Waals surface area contributed by atoms with Crippen molar-refractivity contribution in [1.82, 2.24) is 10.6 Å². The lowest BCUT2D eigenvalue weighted by molar-refractivity contribution is 0.0360. The van der Waals surface area contributed by atoms with Gasteiger partial charge < -0.3 is 25.1 Å². The van der Waals surface area contributed by atoms with Gasteiger partial charge in [-0.25, -0.2) is 4.79 Å². The molecule has 0 bridgehead atoms. The van der Waals surface area contributed by atoms with E-state index in [9.17, 15) is 9.90 Å². The van der Waals surface area contributed by atoms with Crippen LogP contribution in [0.1, 0.15) is 24.0 Å². The molecular weight excluding hydrogens is 306 g/mol. The highest BCUT2D eigenvalue weighted by Crippen LogP contribution is 2.21.